The van der Waals surface area contributed by atoms with Crippen molar-refractivity contribution >= 4 is 40.9 Å². The largest absolute Gasteiger partial charge is 0.298 e. The van der Waals surface area contributed by atoms with Gasteiger partial charge in [0.2, 0.25) is 0 Å². The van der Waals surface area contributed by atoms with Gasteiger partial charge in [0.1, 0.15) is 6.29 Å². The zero-order valence-electron chi connectivity index (χ0n) is 13.7. The summed E-state index contributed by atoms with van der Waals surface area (Å²) in [7, 11) is -0.600. The van der Waals surface area contributed by atoms with Gasteiger partial charge < -0.3 is 0 Å². The zero-order chi connectivity index (χ0) is 17.1. The van der Waals surface area contributed by atoms with Crippen molar-refractivity contribution in [1.29, 1.82) is 0 Å². The fraction of sp³-hybridized carbons (Fsp3) is 0. The maximum atomic E-state index is 11.0. The highest BCUT2D eigenvalue weighted by atomic mass is 31.1. The fourth-order valence-corrected chi connectivity index (χ4v) is 5.39. The van der Waals surface area contributed by atoms with E-state index in [1.807, 2.05) is 18.2 Å². The van der Waals surface area contributed by atoms with Gasteiger partial charge in [0.15, 0.2) is 0 Å². The smallest absolute Gasteiger partial charge is 0.150 e. The summed E-state index contributed by atoms with van der Waals surface area (Å²) < 4.78 is 0. The second kappa shape index (κ2) is 7.01. The monoisotopic (exact) mass is 340 g/mol. The lowest BCUT2D eigenvalue weighted by Gasteiger charge is -2.19. The van der Waals surface area contributed by atoms with Crippen LogP contribution < -0.4 is 15.9 Å². The molecule has 4 rings (SSSR count). The predicted molar refractivity (Wildman–Crippen MR) is 108 cm³/mol. The van der Waals surface area contributed by atoms with E-state index in [1.165, 1.54) is 21.3 Å². The highest BCUT2D eigenvalue weighted by Gasteiger charge is 2.16. The van der Waals surface area contributed by atoms with Crippen LogP contribution in [0.4, 0.5) is 0 Å². The Morgan fingerprint density at radius 1 is 0.560 bits per heavy atom. The Balaban J connectivity index is 1.87. The van der Waals surface area contributed by atoms with Crippen molar-refractivity contribution in [2.75, 3.05) is 0 Å². The molecule has 0 aliphatic carbocycles. The molecule has 2 heteroatoms. The molecule has 0 amide bonds. The molecule has 0 saturated heterocycles. The maximum absolute atomic E-state index is 11.0. The van der Waals surface area contributed by atoms with Crippen molar-refractivity contribution in [2.45, 2.75) is 0 Å². The molecule has 0 bridgehead atoms. The van der Waals surface area contributed by atoms with Crippen LogP contribution in [-0.4, -0.2) is 6.29 Å². The molecular weight excluding hydrogens is 323 g/mol. The molecule has 4 aromatic carbocycles. The van der Waals surface area contributed by atoms with E-state index < -0.39 is 7.92 Å². The summed E-state index contributed by atoms with van der Waals surface area (Å²) in [6.07, 6.45) is 0.897. The molecule has 0 fully saturated rings. The average molecular weight is 340 g/mol. The van der Waals surface area contributed by atoms with Gasteiger partial charge in [0.05, 0.1) is 0 Å². The number of carbonyl (C=O) groups excluding carboxylic acids is 1. The van der Waals surface area contributed by atoms with E-state index in [9.17, 15) is 4.79 Å². The van der Waals surface area contributed by atoms with Crippen molar-refractivity contribution in [3.8, 4) is 0 Å². The number of hydrogen-bond acceptors (Lipinski definition) is 1. The highest BCUT2D eigenvalue weighted by Crippen LogP contribution is 2.33. The third kappa shape index (κ3) is 3.24. The van der Waals surface area contributed by atoms with Crippen LogP contribution in [0.2, 0.25) is 0 Å². The number of carbonyl (C=O) groups is 1. The van der Waals surface area contributed by atoms with Gasteiger partial charge in [-0.05, 0) is 46.7 Å². The summed E-state index contributed by atoms with van der Waals surface area (Å²) in [5.74, 6) is 0. The molecule has 0 aromatic heterocycles. The molecule has 120 valence electrons. The van der Waals surface area contributed by atoms with E-state index in [0.717, 1.165) is 11.7 Å². The average Bonchev–Trinajstić information content (AvgIpc) is 2.69. The summed E-state index contributed by atoms with van der Waals surface area (Å²) >= 11 is 0. The van der Waals surface area contributed by atoms with Gasteiger partial charge in [-0.15, -0.1) is 0 Å². The number of hydrogen-bond donors (Lipinski definition) is 0. The minimum absolute atomic E-state index is 0.600. The summed E-state index contributed by atoms with van der Waals surface area (Å²) in [4.78, 5) is 11.0. The van der Waals surface area contributed by atoms with Crippen LogP contribution >= 0.6 is 7.92 Å². The normalized spacial score (nSPS) is 10.9. The van der Waals surface area contributed by atoms with Crippen LogP contribution in [0.5, 0.6) is 0 Å². The first-order valence-corrected chi connectivity index (χ1v) is 9.58. The molecule has 0 spiro atoms. The fourth-order valence-electron chi connectivity index (χ4n) is 3.07. The molecule has 25 heavy (non-hydrogen) atoms. The van der Waals surface area contributed by atoms with Crippen LogP contribution in [0.15, 0.2) is 97.1 Å². The van der Waals surface area contributed by atoms with E-state index in [-0.39, 0.29) is 0 Å². The second-order valence-corrected chi connectivity index (χ2v) is 8.14. The van der Waals surface area contributed by atoms with E-state index in [4.69, 9.17) is 0 Å². The first kappa shape index (κ1) is 15.7. The summed E-state index contributed by atoms with van der Waals surface area (Å²) in [5.41, 5.74) is 0.716. The number of benzene rings is 4. The summed E-state index contributed by atoms with van der Waals surface area (Å²) in [6.45, 7) is 0. The summed E-state index contributed by atoms with van der Waals surface area (Å²) in [5, 5.41) is 6.27. The molecule has 0 aliphatic rings. The second-order valence-electron chi connectivity index (χ2n) is 5.92. The third-order valence-electron chi connectivity index (χ3n) is 4.27. The minimum Gasteiger partial charge on any atom is -0.298 e. The number of aldehydes is 1. The van der Waals surface area contributed by atoms with Gasteiger partial charge >= 0.3 is 0 Å². The Labute approximate surface area is 148 Å². The van der Waals surface area contributed by atoms with Crippen LogP contribution in [0, 0.1) is 0 Å². The number of rotatable bonds is 4. The molecule has 0 saturated carbocycles. The van der Waals surface area contributed by atoms with E-state index in [1.54, 1.807) is 0 Å². The van der Waals surface area contributed by atoms with E-state index >= 15 is 0 Å². The van der Waals surface area contributed by atoms with Gasteiger partial charge in [-0.25, -0.2) is 0 Å². The lowest BCUT2D eigenvalue weighted by molar-refractivity contribution is 0.112. The van der Waals surface area contributed by atoms with Gasteiger partial charge in [0, 0.05) is 5.56 Å². The number of fused-ring (bicyclic) bond motifs is 1. The van der Waals surface area contributed by atoms with Crippen LogP contribution in [0.1, 0.15) is 10.4 Å². The minimum atomic E-state index is -0.600. The van der Waals surface area contributed by atoms with E-state index in [0.29, 0.717) is 5.56 Å². The Kier molecular flexibility index (Phi) is 4.41. The molecule has 0 heterocycles. The van der Waals surface area contributed by atoms with Crippen molar-refractivity contribution in [2.24, 2.45) is 0 Å². The standard InChI is InChI=1S/C23H17OP/c24-17-18-11-12-20-16-23(14-13-19(20)15-18)25(21-7-3-1-4-8-21)22-9-5-2-6-10-22/h1-17H. The Bertz CT molecular complexity index is 970. The Morgan fingerprint density at radius 2 is 1.12 bits per heavy atom. The zero-order valence-corrected chi connectivity index (χ0v) is 14.6. The Morgan fingerprint density at radius 3 is 1.72 bits per heavy atom. The highest BCUT2D eigenvalue weighted by molar-refractivity contribution is 7.79. The van der Waals surface area contributed by atoms with Crippen LogP contribution in [0.3, 0.4) is 0 Å². The van der Waals surface area contributed by atoms with Crippen molar-refractivity contribution in [3.63, 3.8) is 0 Å². The van der Waals surface area contributed by atoms with Gasteiger partial charge in [0.25, 0.3) is 0 Å². The third-order valence-corrected chi connectivity index (χ3v) is 6.69. The van der Waals surface area contributed by atoms with Gasteiger partial charge in [-0.3, -0.25) is 4.79 Å². The van der Waals surface area contributed by atoms with Gasteiger partial charge in [-0.2, -0.15) is 0 Å². The molecule has 0 radical (unpaired) electrons. The van der Waals surface area contributed by atoms with Crippen molar-refractivity contribution < 1.29 is 4.79 Å². The predicted octanol–water partition coefficient (Wildman–Crippen LogP) is 4.41. The van der Waals surface area contributed by atoms with Crippen molar-refractivity contribution in [3.05, 3.63) is 103 Å². The van der Waals surface area contributed by atoms with E-state index in [2.05, 4.69) is 78.9 Å². The molecule has 1 nitrogen and oxygen atoms in total. The van der Waals surface area contributed by atoms with Crippen LogP contribution in [-0.2, 0) is 0 Å². The topological polar surface area (TPSA) is 17.1 Å². The summed E-state index contributed by atoms with van der Waals surface area (Å²) in [6, 6.07) is 33.8. The molecule has 0 N–H and O–H groups in total. The molecular formula is C23H17OP. The SMILES string of the molecule is O=Cc1ccc2cc(P(c3ccccc3)c3ccccc3)ccc2c1. The maximum Gasteiger partial charge on any atom is 0.150 e. The quantitative estimate of drug-likeness (QED) is 0.397. The first-order chi connectivity index (χ1) is 12.3. The van der Waals surface area contributed by atoms with Gasteiger partial charge in [-0.1, -0.05) is 84.9 Å². The molecule has 0 unspecified atom stereocenters. The molecule has 0 aliphatic heterocycles. The Hall–Kier alpha value is -2.76. The lowest BCUT2D eigenvalue weighted by Crippen LogP contribution is -2.20. The first-order valence-electron chi connectivity index (χ1n) is 8.24. The van der Waals surface area contributed by atoms with Crippen molar-refractivity contribution in [1.82, 2.24) is 0 Å². The molecule has 4 aromatic rings. The molecule has 0 atom stereocenters. The van der Waals surface area contributed by atoms with Crippen LogP contribution in [0.25, 0.3) is 10.8 Å². The lowest BCUT2D eigenvalue weighted by atomic mass is 10.1.